The van der Waals surface area contributed by atoms with Crippen molar-refractivity contribution >= 4 is 40.5 Å². The minimum absolute atomic E-state index is 0.0554. The van der Waals surface area contributed by atoms with Crippen LogP contribution in [0.5, 0.6) is 0 Å². The number of fused-ring (bicyclic) bond motifs is 1. The Labute approximate surface area is 219 Å². The van der Waals surface area contributed by atoms with Gasteiger partial charge in [-0.25, -0.2) is 9.79 Å². The normalized spacial score (nSPS) is 19.1. The Morgan fingerprint density at radius 1 is 1.11 bits per heavy atom. The van der Waals surface area contributed by atoms with Gasteiger partial charge in [0, 0.05) is 16.0 Å². The highest BCUT2D eigenvalue weighted by Gasteiger charge is 2.35. The molecule has 9 heteroatoms. The summed E-state index contributed by atoms with van der Waals surface area (Å²) in [6.07, 6.45) is 0.480. The predicted octanol–water partition coefficient (Wildman–Crippen LogP) is 3.39. The fraction of sp³-hybridized carbons (Fsp3) is 0.286. The average Bonchev–Trinajstić information content (AvgIpc) is 3.59. The number of para-hydroxylation sites is 1. The van der Waals surface area contributed by atoms with E-state index >= 15 is 0 Å². The molecule has 3 aromatic rings. The molecule has 8 nitrogen and oxygen atoms in total. The highest BCUT2D eigenvalue weighted by atomic mass is 32.1. The van der Waals surface area contributed by atoms with Crippen LogP contribution < -0.4 is 20.9 Å². The van der Waals surface area contributed by atoms with E-state index in [2.05, 4.69) is 16.0 Å². The van der Waals surface area contributed by atoms with Crippen LogP contribution in [-0.2, 0) is 16.1 Å². The Morgan fingerprint density at radius 3 is 2.62 bits per heavy atom. The van der Waals surface area contributed by atoms with Crippen LogP contribution in [-0.4, -0.2) is 48.7 Å². The lowest BCUT2D eigenvalue weighted by Crippen LogP contribution is -2.52. The molecule has 2 aromatic carbocycles. The van der Waals surface area contributed by atoms with Gasteiger partial charge in [-0.2, -0.15) is 0 Å². The van der Waals surface area contributed by atoms with E-state index in [9.17, 15) is 14.4 Å². The third kappa shape index (κ3) is 5.47. The summed E-state index contributed by atoms with van der Waals surface area (Å²) in [5.41, 5.74) is 3.82. The molecule has 0 radical (unpaired) electrons. The number of aliphatic imine (C=N–C) groups is 1. The largest absolute Gasteiger partial charge is 0.333 e. The number of carbonyl (C=O) groups excluding carboxylic acids is 3. The monoisotopic (exact) mass is 515 g/mol. The topological polar surface area (TPSA) is 103 Å². The molecule has 0 aliphatic carbocycles. The molecule has 0 bridgehead atoms. The molecule has 1 fully saturated rings. The summed E-state index contributed by atoms with van der Waals surface area (Å²) in [6.45, 7) is 3.03. The molecule has 2 aliphatic rings. The van der Waals surface area contributed by atoms with Gasteiger partial charge in [-0.1, -0.05) is 48.5 Å². The molecule has 1 aromatic heterocycles. The first kappa shape index (κ1) is 24.9. The lowest BCUT2D eigenvalue weighted by atomic mass is 10.00. The van der Waals surface area contributed by atoms with Gasteiger partial charge in [0.25, 0.3) is 5.91 Å². The van der Waals surface area contributed by atoms with Crippen molar-refractivity contribution < 1.29 is 14.4 Å². The molecule has 5 rings (SSSR count). The summed E-state index contributed by atoms with van der Waals surface area (Å²) in [5.74, 6) is -0.507. The maximum absolute atomic E-state index is 13.9. The number of anilines is 1. The molecule has 2 atom stereocenters. The zero-order valence-electron chi connectivity index (χ0n) is 20.6. The lowest BCUT2D eigenvalue weighted by molar-refractivity contribution is -0.124. The zero-order chi connectivity index (χ0) is 25.8. The number of Topliss-reactive ketones (excluding diaryl/α,β-unsaturated/α-hetero) is 1. The van der Waals surface area contributed by atoms with Gasteiger partial charge >= 0.3 is 6.03 Å². The zero-order valence-corrected chi connectivity index (χ0v) is 21.4. The Bertz CT molecular complexity index is 1330. The number of thiophene rings is 1. The number of benzodiazepines with no additional fused rings is 1. The van der Waals surface area contributed by atoms with Crippen LogP contribution in [0.25, 0.3) is 0 Å². The number of amides is 3. The summed E-state index contributed by atoms with van der Waals surface area (Å²) in [6, 6.07) is 18.2. The van der Waals surface area contributed by atoms with Gasteiger partial charge in [0.15, 0.2) is 5.78 Å². The smallest absolute Gasteiger partial charge is 0.317 e. The maximum atomic E-state index is 13.9. The molecular weight excluding hydrogens is 486 g/mol. The van der Waals surface area contributed by atoms with Crippen LogP contribution in [0, 0.1) is 6.92 Å². The van der Waals surface area contributed by atoms with E-state index in [0.29, 0.717) is 17.9 Å². The van der Waals surface area contributed by atoms with Crippen LogP contribution in [0.15, 0.2) is 71.0 Å². The molecule has 3 heterocycles. The molecule has 3 amide bonds. The standard InChI is InChI=1S/C28H29N5O3S/c1-18-13-15-37-24(18)16-30-28(36)32-26-27(35)33(17-23(34)21-11-7-14-29-21)22-12-6-5-10-20(22)25(31-26)19-8-3-2-4-9-19/h2-6,8-10,12-13,15,21,26,29H,7,11,14,16-17H2,1H3,(H2,30,32,36)/t21-,26?/m1/s1. The van der Waals surface area contributed by atoms with Crippen molar-refractivity contribution in [2.75, 3.05) is 18.0 Å². The van der Waals surface area contributed by atoms with Crippen molar-refractivity contribution in [3.63, 3.8) is 0 Å². The van der Waals surface area contributed by atoms with Crippen LogP contribution in [0.1, 0.15) is 34.4 Å². The van der Waals surface area contributed by atoms with E-state index in [4.69, 9.17) is 4.99 Å². The van der Waals surface area contributed by atoms with E-state index < -0.39 is 18.1 Å². The van der Waals surface area contributed by atoms with Crippen LogP contribution in [0.2, 0.25) is 0 Å². The second kappa shape index (κ2) is 11.1. The van der Waals surface area contributed by atoms with Crippen molar-refractivity contribution in [1.29, 1.82) is 0 Å². The molecule has 1 saturated heterocycles. The second-order valence-electron chi connectivity index (χ2n) is 9.16. The number of aryl methyl sites for hydroxylation is 1. The SMILES string of the molecule is Cc1ccsc1CNC(=O)NC1N=C(c2ccccc2)c2ccccc2N(CC(=O)[C@H]2CCCN2)C1=O. The molecule has 1 unspecified atom stereocenters. The van der Waals surface area contributed by atoms with Gasteiger partial charge in [-0.05, 0) is 49.4 Å². The average molecular weight is 516 g/mol. The van der Waals surface area contributed by atoms with Crippen LogP contribution in [0.4, 0.5) is 10.5 Å². The number of hydrogen-bond acceptors (Lipinski definition) is 6. The summed E-state index contributed by atoms with van der Waals surface area (Å²) < 4.78 is 0. The van der Waals surface area contributed by atoms with Crippen molar-refractivity contribution in [3.8, 4) is 0 Å². The number of benzene rings is 2. The van der Waals surface area contributed by atoms with Crippen LogP contribution >= 0.6 is 11.3 Å². The minimum Gasteiger partial charge on any atom is -0.333 e. The second-order valence-corrected chi connectivity index (χ2v) is 10.2. The highest BCUT2D eigenvalue weighted by Crippen LogP contribution is 2.28. The summed E-state index contributed by atoms with van der Waals surface area (Å²) in [4.78, 5) is 47.2. The molecule has 0 spiro atoms. The van der Waals surface area contributed by atoms with Gasteiger partial charge in [0.05, 0.1) is 30.5 Å². The first-order valence-electron chi connectivity index (χ1n) is 12.4. The minimum atomic E-state index is -1.20. The number of urea groups is 1. The molecule has 3 N–H and O–H groups in total. The maximum Gasteiger partial charge on any atom is 0.317 e. The van der Waals surface area contributed by atoms with Gasteiger partial charge < -0.3 is 20.9 Å². The molecule has 2 aliphatic heterocycles. The predicted molar refractivity (Wildman–Crippen MR) is 145 cm³/mol. The van der Waals surface area contributed by atoms with E-state index in [1.165, 1.54) is 4.90 Å². The molecule has 190 valence electrons. The Kier molecular flexibility index (Phi) is 7.43. The van der Waals surface area contributed by atoms with Crippen LogP contribution in [0.3, 0.4) is 0 Å². The van der Waals surface area contributed by atoms with E-state index in [-0.39, 0.29) is 18.4 Å². The number of carbonyl (C=O) groups is 3. The van der Waals surface area contributed by atoms with Crippen molar-refractivity contribution in [1.82, 2.24) is 16.0 Å². The van der Waals surface area contributed by atoms with Gasteiger partial charge in [0.2, 0.25) is 6.17 Å². The summed E-state index contributed by atoms with van der Waals surface area (Å²) >= 11 is 1.56. The third-order valence-electron chi connectivity index (χ3n) is 6.66. The summed E-state index contributed by atoms with van der Waals surface area (Å²) in [7, 11) is 0. The Hall–Kier alpha value is -3.82. The van der Waals surface area contributed by atoms with E-state index in [1.54, 1.807) is 11.3 Å². The first-order valence-corrected chi connectivity index (χ1v) is 13.3. The quantitative estimate of drug-likeness (QED) is 0.449. The van der Waals surface area contributed by atoms with E-state index in [1.807, 2.05) is 73.0 Å². The molecular formula is C28H29N5O3S. The number of rotatable bonds is 7. The number of hydrogen-bond donors (Lipinski definition) is 3. The number of nitrogens with zero attached hydrogens (tertiary/aromatic N) is 2. The van der Waals surface area contributed by atoms with Crippen molar-refractivity contribution in [3.05, 3.63) is 87.6 Å². The highest BCUT2D eigenvalue weighted by molar-refractivity contribution is 7.10. The fourth-order valence-corrected chi connectivity index (χ4v) is 5.50. The van der Waals surface area contributed by atoms with Crippen molar-refractivity contribution in [2.45, 2.75) is 38.5 Å². The Morgan fingerprint density at radius 2 is 1.89 bits per heavy atom. The Balaban J connectivity index is 1.47. The van der Waals surface area contributed by atoms with E-state index in [0.717, 1.165) is 41.0 Å². The molecule has 37 heavy (non-hydrogen) atoms. The first-order chi connectivity index (χ1) is 18.0. The van der Waals surface area contributed by atoms with Gasteiger partial charge in [-0.3, -0.25) is 9.59 Å². The van der Waals surface area contributed by atoms with Gasteiger partial charge in [-0.15, -0.1) is 11.3 Å². The summed E-state index contributed by atoms with van der Waals surface area (Å²) in [5, 5.41) is 10.8. The lowest BCUT2D eigenvalue weighted by Gasteiger charge is -2.26. The van der Waals surface area contributed by atoms with Crippen molar-refractivity contribution in [2.24, 2.45) is 4.99 Å². The number of ketones is 1. The molecule has 0 saturated carbocycles. The van der Waals surface area contributed by atoms with Gasteiger partial charge in [0.1, 0.15) is 0 Å². The fourth-order valence-electron chi connectivity index (χ4n) is 4.66. The third-order valence-corrected chi connectivity index (χ3v) is 7.69. The number of nitrogens with one attached hydrogen (secondary N) is 3.